The first-order valence-electron chi connectivity index (χ1n) is 22.4. The second-order valence-electron chi connectivity index (χ2n) is 16.8. The average Bonchev–Trinajstić information content (AvgIpc) is 3.96. The molecule has 0 N–H and O–H groups in total. The van der Waals surface area contributed by atoms with Gasteiger partial charge >= 0.3 is 0 Å². The summed E-state index contributed by atoms with van der Waals surface area (Å²) in [6.45, 7) is 4.13. The lowest BCUT2D eigenvalue weighted by Crippen LogP contribution is -2.05. The number of fused-ring (bicyclic) bond motifs is 9. The maximum absolute atomic E-state index is 6.66. The molecule has 0 amide bonds. The van der Waals surface area contributed by atoms with Crippen molar-refractivity contribution in [2.24, 2.45) is 9.98 Å². The van der Waals surface area contributed by atoms with Gasteiger partial charge in [-0.1, -0.05) is 188 Å². The number of furan rings is 1. The zero-order chi connectivity index (χ0) is 44.1. The summed E-state index contributed by atoms with van der Waals surface area (Å²) >= 11 is 1.86. The second-order valence-corrected chi connectivity index (χ2v) is 17.8. The van der Waals surface area contributed by atoms with Gasteiger partial charge in [0, 0.05) is 53.3 Å². The molecular formula is C62H42N2OS. The largest absolute Gasteiger partial charge is 0.456 e. The Bertz CT molecular complexity index is 3940. The molecule has 0 radical (unpaired) electrons. The van der Waals surface area contributed by atoms with Gasteiger partial charge in [0.05, 0.1) is 5.70 Å². The quantitative estimate of drug-likeness (QED) is 0.0893. The fourth-order valence-electron chi connectivity index (χ4n) is 9.70. The van der Waals surface area contributed by atoms with E-state index in [2.05, 4.69) is 214 Å². The molecule has 12 aromatic rings. The van der Waals surface area contributed by atoms with Crippen LogP contribution in [0.15, 0.2) is 233 Å². The fraction of sp³-hybridized carbons (Fsp3) is 0.0323. The molecule has 2 heterocycles. The van der Waals surface area contributed by atoms with Crippen molar-refractivity contribution in [3.8, 4) is 33.4 Å². The predicted molar refractivity (Wildman–Crippen MR) is 283 cm³/mol. The number of thiophene rings is 1. The molecule has 0 fully saturated rings. The number of hydrogen-bond donors (Lipinski definition) is 0. The van der Waals surface area contributed by atoms with Crippen LogP contribution < -0.4 is 0 Å². The maximum atomic E-state index is 6.66. The van der Waals surface area contributed by atoms with Crippen LogP contribution in [0.4, 0.5) is 0 Å². The van der Waals surface area contributed by atoms with Crippen molar-refractivity contribution in [2.45, 2.75) is 13.8 Å². The summed E-state index contributed by atoms with van der Waals surface area (Å²) in [5.74, 6) is 0.637. The molecule has 4 heteroatoms. The van der Waals surface area contributed by atoms with Gasteiger partial charge < -0.3 is 4.42 Å². The second kappa shape index (κ2) is 16.4. The van der Waals surface area contributed by atoms with Crippen molar-refractivity contribution in [1.82, 2.24) is 0 Å². The molecule has 0 saturated carbocycles. The minimum absolute atomic E-state index is 0.637. The molecule has 0 saturated heterocycles. The van der Waals surface area contributed by atoms with E-state index in [-0.39, 0.29) is 0 Å². The normalized spacial score (nSPS) is 12.7. The van der Waals surface area contributed by atoms with E-state index in [4.69, 9.17) is 14.4 Å². The van der Waals surface area contributed by atoms with E-state index in [1.165, 1.54) is 58.4 Å². The number of amidine groups is 1. The lowest BCUT2D eigenvalue weighted by Gasteiger charge is -2.13. The molecule has 3 nitrogen and oxygen atoms in total. The topological polar surface area (TPSA) is 37.9 Å². The molecule has 12 rings (SSSR count). The minimum Gasteiger partial charge on any atom is -0.456 e. The van der Waals surface area contributed by atoms with Crippen LogP contribution >= 0.6 is 11.3 Å². The maximum Gasteiger partial charge on any atom is 0.160 e. The number of rotatable bonds is 7. The summed E-state index contributed by atoms with van der Waals surface area (Å²) in [6, 6.07) is 75.6. The lowest BCUT2D eigenvalue weighted by molar-refractivity contribution is 0.669. The lowest BCUT2D eigenvalue weighted by atomic mass is 9.93. The minimum atomic E-state index is 0.637. The van der Waals surface area contributed by atoms with E-state index >= 15 is 0 Å². The van der Waals surface area contributed by atoms with Crippen molar-refractivity contribution < 1.29 is 4.42 Å². The summed E-state index contributed by atoms with van der Waals surface area (Å²) in [4.78, 5) is 10.8. The van der Waals surface area contributed by atoms with Gasteiger partial charge in [-0.25, -0.2) is 9.98 Å². The van der Waals surface area contributed by atoms with Gasteiger partial charge in [0.15, 0.2) is 5.84 Å². The number of benzene rings is 10. The van der Waals surface area contributed by atoms with Crippen molar-refractivity contribution >= 4 is 92.2 Å². The van der Waals surface area contributed by atoms with Gasteiger partial charge in [0.25, 0.3) is 0 Å². The Balaban J connectivity index is 0.920. The van der Waals surface area contributed by atoms with Crippen molar-refractivity contribution in [1.29, 1.82) is 0 Å². The van der Waals surface area contributed by atoms with Crippen LogP contribution in [-0.4, -0.2) is 11.5 Å². The highest BCUT2D eigenvalue weighted by molar-refractivity contribution is 7.26. The zero-order valence-corrected chi connectivity index (χ0v) is 37.3. The molecule has 0 bridgehead atoms. The highest BCUT2D eigenvalue weighted by Gasteiger charge is 2.18. The van der Waals surface area contributed by atoms with Crippen LogP contribution in [0.25, 0.3) is 103 Å². The Morgan fingerprint density at radius 2 is 1.09 bits per heavy atom. The highest BCUT2D eigenvalue weighted by atomic mass is 32.1. The Labute approximate surface area is 387 Å². The van der Waals surface area contributed by atoms with Crippen molar-refractivity contribution in [2.75, 3.05) is 0 Å². The number of nitrogens with zero attached hydrogens (tertiary/aromatic N) is 2. The van der Waals surface area contributed by atoms with E-state index in [1.807, 2.05) is 29.5 Å². The Hall–Kier alpha value is -8.18. The third kappa shape index (κ3) is 6.82. The Kier molecular flexibility index (Phi) is 9.81. The molecule has 0 aliphatic rings. The monoisotopic (exact) mass is 862 g/mol. The van der Waals surface area contributed by atoms with Gasteiger partial charge in [0.2, 0.25) is 0 Å². The molecule has 0 unspecified atom stereocenters. The van der Waals surface area contributed by atoms with Gasteiger partial charge in [0.1, 0.15) is 11.2 Å². The standard InChI is InChI=1S/C62H42N2OS/c1-3-56(51-24-12-9-20-46(51)40-31-33-41(34-32-40)48-27-15-28-53-52-25-13-14-30-59(52)66-61(48)53)64-62(42-17-5-4-6-18-42)63-39(2)45-26-16-29-57-60(45)54-36-35-44(38-58(54)65-57)55-37-43-19-7-8-21-47(43)49-22-10-11-23-50(49)55/h3-38H,1-2H3/b56-3-,63-39?,64-62?. The van der Waals surface area contributed by atoms with Crippen molar-refractivity contribution in [3.63, 3.8) is 0 Å². The Morgan fingerprint density at radius 3 is 1.92 bits per heavy atom. The molecule has 0 spiro atoms. The summed E-state index contributed by atoms with van der Waals surface area (Å²) in [6.07, 6.45) is 2.09. The van der Waals surface area contributed by atoms with Crippen LogP contribution in [-0.2, 0) is 0 Å². The number of hydrogen-bond acceptors (Lipinski definition) is 3. The first-order chi connectivity index (χ1) is 32.6. The van der Waals surface area contributed by atoms with Gasteiger partial charge in [-0.3, -0.25) is 0 Å². The Morgan fingerprint density at radius 1 is 0.455 bits per heavy atom. The molecular weight excluding hydrogens is 821 g/mol. The molecule has 0 aliphatic carbocycles. The van der Waals surface area contributed by atoms with Gasteiger partial charge in [-0.15, -0.1) is 11.3 Å². The van der Waals surface area contributed by atoms with E-state index in [1.54, 1.807) is 0 Å². The van der Waals surface area contributed by atoms with Crippen LogP contribution in [0.2, 0.25) is 0 Å². The van der Waals surface area contributed by atoms with Crippen LogP contribution in [0.1, 0.15) is 30.5 Å². The zero-order valence-electron chi connectivity index (χ0n) is 36.5. The van der Waals surface area contributed by atoms with E-state index < -0.39 is 0 Å². The molecule has 66 heavy (non-hydrogen) atoms. The predicted octanol–water partition coefficient (Wildman–Crippen LogP) is 17.6. The first-order valence-corrected chi connectivity index (χ1v) is 23.2. The highest BCUT2D eigenvalue weighted by Crippen LogP contribution is 2.42. The van der Waals surface area contributed by atoms with Gasteiger partial charge in [-0.05, 0) is 99.1 Å². The molecule has 2 aromatic heterocycles. The summed E-state index contributed by atoms with van der Waals surface area (Å²) in [5, 5.41) is 9.66. The fourth-order valence-corrected chi connectivity index (χ4v) is 10.9. The average molecular weight is 863 g/mol. The van der Waals surface area contributed by atoms with Crippen molar-refractivity contribution in [3.05, 3.63) is 235 Å². The smallest absolute Gasteiger partial charge is 0.160 e. The van der Waals surface area contributed by atoms with Gasteiger partial charge in [-0.2, -0.15) is 0 Å². The van der Waals surface area contributed by atoms with E-state index in [9.17, 15) is 0 Å². The van der Waals surface area contributed by atoms with Crippen LogP contribution in [0.5, 0.6) is 0 Å². The molecule has 0 aliphatic heterocycles. The first kappa shape index (κ1) is 39.4. The SMILES string of the molecule is C/C=C(\N=C(N=C(C)c1cccc2oc3cc(-c4cc5ccccc5c5ccccc45)ccc3c12)c1ccccc1)c1ccccc1-c1ccc(-c2cccc3c2sc2ccccc23)cc1. The molecule has 10 aromatic carbocycles. The van der Waals surface area contributed by atoms with Crippen LogP contribution in [0.3, 0.4) is 0 Å². The third-order valence-electron chi connectivity index (χ3n) is 12.9. The summed E-state index contributed by atoms with van der Waals surface area (Å²) in [7, 11) is 0. The number of allylic oxidation sites excluding steroid dienone is 1. The van der Waals surface area contributed by atoms with Crippen LogP contribution in [0, 0.1) is 0 Å². The van der Waals surface area contributed by atoms with E-state index in [0.29, 0.717) is 5.84 Å². The number of aliphatic imine (C=N–C) groups is 2. The molecule has 0 atom stereocenters. The molecule has 312 valence electrons. The van der Waals surface area contributed by atoms with E-state index in [0.717, 1.165) is 66.7 Å². The third-order valence-corrected chi connectivity index (χ3v) is 14.1. The summed E-state index contributed by atoms with van der Waals surface area (Å²) < 4.78 is 9.29. The summed E-state index contributed by atoms with van der Waals surface area (Å²) in [5.41, 5.74) is 13.4.